The van der Waals surface area contributed by atoms with Crippen molar-refractivity contribution >= 4 is 27.8 Å². The van der Waals surface area contributed by atoms with Gasteiger partial charge in [0.15, 0.2) is 11.4 Å². The summed E-state index contributed by atoms with van der Waals surface area (Å²) in [6.45, 7) is 0. The maximum Gasteiger partial charge on any atom is 0.296 e. The lowest BCUT2D eigenvalue weighted by Gasteiger charge is -2.05. The van der Waals surface area contributed by atoms with Gasteiger partial charge in [-0.15, -0.1) is 10.2 Å². The second-order valence-electron chi connectivity index (χ2n) is 4.75. The minimum Gasteiger partial charge on any atom is -0.507 e. The third kappa shape index (κ3) is 2.67. The van der Waals surface area contributed by atoms with Crippen LogP contribution in [0, 0.1) is 10.1 Å². The van der Waals surface area contributed by atoms with Gasteiger partial charge in [0.2, 0.25) is 0 Å². The van der Waals surface area contributed by atoms with Gasteiger partial charge in [-0.1, -0.05) is 36.4 Å². The van der Waals surface area contributed by atoms with Gasteiger partial charge in [-0.25, -0.2) is 0 Å². The summed E-state index contributed by atoms with van der Waals surface area (Å²) in [5, 5.41) is 39.7. The molecule has 7 nitrogen and oxygen atoms in total. The fraction of sp³-hybridized carbons (Fsp3) is 0. The highest BCUT2D eigenvalue weighted by Crippen LogP contribution is 2.41. The van der Waals surface area contributed by atoms with Crippen LogP contribution in [-0.2, 0) is 0 Å². The first-order valence-electron chi connectivity index (χ1n) is 6.67. The Labute approximate surface area is 130 Å². The van der Waals surface area contributed by atoms with E-state index < -0.39 is 4.92 Å². The number of azo groups is 1. The molecular formula is C16H11N3O4. The molecule has 0 spiro atoms. The van der Waals surface area contributed by atoms with Crippen LogP contribution in [0.15, 0.2) is 64.8 Å². The van der Waals surface area contributed by atoms with E-state index in [9.17, 15) is 20.3 Å². The lowest BCUT2D eigenvalue weighted by molar-refractivity contribution is -0.384. The number of phenols is 2. The minimum absolute atomic E-state index is 0.0272. The van der Waals surface area contributed by atoms with Gasteiger partial charge in [0.1, 0.15) is 11.4 Å². The number of hydrogen-bond donors (Lipinski definition) is 2. The van der Waals surface area contributed by atoms with Crippen molar-refractivity contribution in [3.8, 4) is 11.5 Å². The zero-order chi connectivity index (χ0) is 16.4. The van der Waals surface area contributed by atoms with Crippen molar-refractivity contribution in [3.63, 3.8) is 0 Å². The van der Waals surface area contributed by atoms with E-state index in [0.29, 0.717) is 10.8 Å². The van der Waals surface area contributed by atoms with Crippen LogP contribution in [0.1, 0.15) is 0 Å². The summed E-state index contributed by atoms with van der Waals surface area (Å²) in [4.78, 5) is 10.4. The average Bonchev–Trinajstić information content (AvgIpc) is 2.57. The van der Waals surface area contributed by atoms with Crippen molar-refractivity contribution < 1.29 is 15.1 Å². The van der Waals surface area contributed by atoms with E-state index in [1.165, 1.54) is 24.3 Å². The van der Waals surface area contributed by atoms with Gasteiger partial charge in [0, 0.05) is 22.9 Å². The molecule has 0 bridgehead atoms. The molecule has 0 radical (unpaired) electrons. The fourth-order valence-electron chi connectivity index (χ4n) is 2.21. The van der Waals surface area contributed by atoms with Gasteiger partial charge in [-0.3, -0.25) is 10.1 Å². The smallest absolute Gasteiger partial charge is 0.296 e. The maximum atomic E-state index is 10.9. The summed E-state index contributed by atoms with van der Waals surface area (Å²) in [5.41, 5.74) is -0.107. The lowest BCUT2D eigenvalue weighted by atomic mass is 10.1. The molecule has 3 rings (SSSR count). The van der Waals surface area contributed by atoms with Crippen LogP contribution < -0.4 is 0 Å². The standard InChI is InChI=1S/C16H11N3O4/c20-15-9-13(16(21)11-6-2-1-5-10(11)15)18-17-12-7-3-4-8-14(12)19(22)23/h1-9,20-21H. The number of nitrogens with zero attached hydrogens (tertiary/aromatic N) is 3. The van der Waals surface area contributed by atoms with Crippen LogP contribution >= 0.6 is 0 Å². The first-order valence-corrected chi connectivity index (χ1v) is 6.67. The first-order chi connectivity index (χ1) is 11.1. The topological polar surface area (TPSA) is 108 Å². The lowest BCUT2D eigenvalue weighted by Crippen LogP contribution is -1.87. The summed E-state index contributed by atoms with van der Waals surface area (Å²) >= 11 is 0. The van der Waals surface area contributed by atoms with Gasteiger partial charge < -0.3 is 10.2 Å². The zero-order valence-electron chi connectivity index (χ0n) is 11.7. The molecule has 0 amide bonds. The molecule has 3 aromatic rings. The van der Waals surface area contributed by atoms with Crippen LogP contribution in [0.4, 0.5) is 17.1 Å². The predicted octanol–water partition coefficient (Wildman–Crippen LogP) is 4.57. The molecule has 0 aliphatic carbocycles. The van der Waals surface area contributed by atoms with Gasteiger partial charge in [0.25, 0.3) is 5.69 Å². The van der Waals surface area contributed by atoms with Crippen LogP contribution in [-0.4, -0.2) is 15.1 Å². The van der Waals surface area contributed by atoms with Crippen LogP contribution in [0.25, 0.3) is 10.8 Å². The number of phenolic OH excluding ortho intramolecular Hbond substituents is 2. The van der Waals surface area contributed by atoms with E-state index in [0.717, 1.165) is 0 Å². The molecule has 23 heavy (non-hydrogen) atoms. The quantitative estimate of drug-likeness (QED) is 0.319. The third-order valence-electron chi connectivity index (χ3n) is 3.32. The number of fused-ring (bicyclic) bond motifs is 1. The largest absolute Gasteiger partial charge is 0.507 e. The van der Waals surface area contributed by atoms with Crippen LogP contribution in [0.3, 0.4) is 0 Å². The normalized spacial score (nSPS) is 11.1. The number of hydrogen-bond acceptors (Lipinski definition) is 6. The van der Waals surface area contributed by atoms with Gasteiger partial charge in [0.05, 0.1) is 4.92 Å². The molecule has 0 aliphatic heterocycles. The molecule has 0 aromatic heterocycles. The summed E-state index contributed by atoms with van der Waals surface area (Å²) < 4.78 is 0. The van der Waals surface area contributed by atoms with Crippen molar-refractivity contribution in [2.45, 2.75) is 0 Å². The van der Waals surface area contributed by atoms with Crippen molar-refractivity contribution in [1.29, 1.82) is 0 Å². The minimum atomic E-state index is -0.563. The van der Waals surface area contributed by atoms with Crippen molar-refractivity contribution in [3.05, 3.63) is 64.7 Å². The molecule has 0 saturated carbocycles. The average molecular weight is 309 g/mol. The Bertz CT molecular complexity index is 938. The molecular weight excluding hydrogens is 298 g/mol. The van der Waals surface area contributed by atoms with Crippen molar-refractivity contribution in [1.82, 2.24) is 0 Å². The Morgan fingerprint density at radius 3 is 2.22 bits per heavy atom. The number of nitro groups is 1. The van der Waals surface area contributed by atoms with E-state index >= 15 is 0 Å². The Hall–Kier alpha value is -3.48. The van der Waals surface area contributed by atoms with Gasteiger partial charge >= 0.3 is 0 Å². The molecule has 0 saturated heterocycles. The molecule has 0 fully saturated rings. The number of nitro benzene ring substituents is 1. The van der Waals surface area contributed by atoms with E-state index in [1.807, 2.05) is 0 Å². The summed E-state index contributed by atoms with van der Waals surface area (Å²) in [7, 11) is 0. The second-order valence-corrected chi connectivity index (χ2v) is 4.75. The SMILES string of the molecule is O=[N+]([O-])c1ccccc1N=Nc1cc(O)c2ccccc2c1O. The number of benzene rings is 3. The highest BCUT2D eigenvalue weighted by atomic mass is 16.6. The summed E-state index contributed by atoms with van der Waals surface area (Å²) in [5.74, 6) is -0.212. The van der Waals surface area contributed by atoms with Gasteiger partial charge in [-0.2, -0.15) is 0 Å². The number of para-hydroxylation sites is 1. The molecule has 0 aliphatic rings. The highest BCUT2D eigenvalue weighted by Gasteiger charge is 2.13. The highest BCUT2D eigenvalue weighted by molar-refractivity contribution is 5.96. The van der Waals surface area contributed by atoms with E-state index in [-0.39, 0.29) is 28.6 Å². The molecule has 2 N–H and O–H groups in total. The first kappa shape index (κ1) is 14.5. The fourth-order valence-corrected chi connectivity index (χ4v) is 2.21. The maximum absolute atomic E-state index is 10.9. The molecule has 0 heterocycles. The molecule has 0 atom stereocenters. The summed E-state index contributed by atoms with van der Waals surface area (Å²) in [6.07, 6.45) is 0. The van der Waals surface area contributed by atoms with E-state index in [4.69, 9.17) is 0 Å². The number of rotatable bonds is 3. The van der Waals surface area contributed by atoms with Crippen molar-refractivity contribution in [2.75, 3.05) is 0 Å². The predicted molar refractivity (Wildman–Crippen MR) is 84.6 cm³/mol. The second kappa shape index (κ2) is 5.72. The molecule has 3 aromatic carbocycles. The Morgan fingerprint density at radius 2 is 1.48 bits per heavy atom. The zero-order valence-corrected chi connectivity index (χ0v) is 11.7. The van der Waals surface area contributed by atoms with Crippen LogP contribution in [0.5, 0.6) is 11.5 Å². The number of aromatic hydroxyl groups is 2. The van der Waals surface area contributed by atoms with E-state index in [2.05, 4.69) is 10.2 Å². The monoisotopic (exact) mass is 309 g/mol. The molecule has 0 unspecified atom stereocenters. The van der Waals surface area contributed by atoms with Crippen molar-refractivity contribution in [2.24, 2.45) is 10.2 Å². The molecule has 114 valence electrons. The Morgan fingerprint density at radius 1 is 0.870 bits per heavy atom. The van der Waals surface area contributed by atoms with Crippen LogP contribution in [0.2, 0.25) is 0 Å². The van der Waals surface area contributed by atoms with E-state index in [1.54, 1.807) is 30.3 Å². The Kier molecular flexibility index (Phi) is 3.60. The Balaban J connectivity index is 2.09. The summed E-state index contributed by atoms with van der Waals surface area (Å²) in [6, 6.07) is 13.9. The third-order valence-corrected chi connectivity index (χ3v) is 3.32. The van der Waals surface area contributed by atoms with Gasteiger partial charge in [-0.05, 0) is 6.07 Å². The molecule has 7 heteroatoms.